The van der Waals surface area contributed by atoms with Crippen molar-refractivity contribution in [3.8, 4) is 5.69 Å². The lowest BCUT2D eigenvalue weighted by Gasteiger charge is -2.05. The highest BCUT2D eigenvalue weighted by Gasteiger charge is 2.08. The predicted molar refractivity (Wildman–Crippen MR) is 97.8 cm³/mol. The first-order valence-electron chi connectivity index (χ1n) is 8.43. The van der Waals surface area contributed by atoms with Gasteiger partial charge in [-0.15, -0.1) is 5.10 Å². The summed E-state index contributed by atoms with van der Waals surface area (Å²) in [6.07, 6.45) is 4.52. The molecule has 0 aliphatic rings. The van der Waals surface area contributed by atoms with Crippen LogP contribution in [0.5, 0.6) is 0 Å². The third-order valence-electron chi connectivity index (χ3n) is 4.11. The maximum Gasteiger partial charge on any atom is 0.241 e. The zero-order chi connectivity index (χ0) is 17.8. The lowest BCUT2D eigenvalue weighted by atomic mass is 10.2. The van der Waals surface area contributed by atoms with Crippen LogP contribution in [-0.4, -0.2) is 37.2 Å². The second kappa shape index (κ2) is 7.18. The Morgan fingerprint density at radius 1 is 1.04 bits per heavy atom. The molecule has 0 fully saturated rings. The van der Waals surface area contributed by atoms with E-state index in [0.29, 0.717) is 6.54 Å². The van der Waals surface area contributed by atoms with E-state index in [9.17, 15) is 4.79 Å². The maximum atomic E-state index is 12.2. The van der Waals surface area contributed by atoms with Crippen LogP contribution in [0.4, 0.5) is 0 Å². The lowest BCUT2D eigenvalue weighted by molar-refractivity contribution is -0.121. The molecule has 0 bridgehead atoms. The van der Waals surface area contributed by atoms with Gasteiger partial charge < -0.3 is 5.32 Å². The SMILES string of the molecule is O=C(Cn1nnc2ccccc21)NCCc1cnn(-c2ccccc2)c1. The van der Waals surface area contributed by atoms with Gasteiger partial charge in [-0.3, -0.25) is 4.79 Å². The van der Waals surface area contributed by atoms with Crippen molar-refractivity contribution in [2.75, 3.05) is 6.54 Å². The summed E-state index contributed by atoms with van der Waals surface area (Å²) in [5.41, 5.74) is 3.72. The molecule has 0 spiro atoms. The first-order chi connectivity index (χ1) is 12.8. The number of benzene rings is 2. The Balaban J connectivity index is 1.31. The third kappa shape index (κ3) is 3.46. The molecule has 2 aromatic heterocycles. The van der Waals surface area contributed by atoms with Gasteiger partial charge in [0.25, 0.3) is 0 Å². The van der Waals surface area contributed by atoms with Gasteiger partial charge in [0.2, 0.25) is 5.91 Å². The number of hydrogen-bond donors (Lipinski definition) is 1. The van der Waals surface area contributed by atoms with Gasteiger partial charge >= 0.3 is 0 Å². The fraction of sp³-hybridized carbons (Fsp3) is 0.158. The molecular weight excluding hydrogens is 328 g/mol. The topological polar surface area (TPSA) is 77.6 Å². The minimum absolute atomic E-state index is 0.0869. The van der Waals surface area contributed by atoms with Gasteiger partial charge in [0.15, 0.2) is 0 Å². The van der Waals surface area contributed by atoms with Gasteiger partial charge in [0.1, 0.15) is 12.1 Å². The van der Waals surface area contributed by atoms with Gasteiger partial charge in [-0.2, -0.15) is 5.10 Å². The Labute approximate surface area is 150 Å². The zero-order valence-corrected chi connectivity index (χ0v) is 14.1. The minimum atomic E-state index is -0.0869. The average Bonchev–Trinajstić information content (AvgIpc) is 3.30. The van der Waals surface area contributed by atoms with E-state index in [0.717, 1.165) is 28.7 Å². The fourth-order valence-corrected chi connectivity index (χ4v) is 2.78. The number of fused-ring (bicyclic) bond motifs is 1. The van der Waals surface area contributed by atoms with Crippen molar-refractivity contribution in [3.05, 3.63) is 72.6 Å². The molecule has 1 N–H and O–H groups in total. The molecule has 0 radical (unpaired) electrons. The number of hydrogen-bond acceptors (Lipinski definition) is 4. The van der Waals surface area contributed by atoms with Crippen molar-refractivity contribution in [2.45, 2.75) is 13.0 Å². The van der Waals surface area contributed by atoms with Crippen molar-refractivity contribution in [1.82, 2.24) is 30.1 Å². The van der Waals surface area contributed by atoms with E-state index in [1.807, 2.05) is 71.7 Å². The van der Waals surface area contributed by atoms with E-state index in [1.165, 1.54) is 0 Å². The molecule has 0 saturated heterocycles. The summed E-state index contributed by atoms with van der Waals surface area (Å²) < 4.78 is 3.44. The molecule has 0 unspecified atom stereocenters. The normalized spacial score (nSPS) is 10.9. The number of carbonyl (C=O) groups is 1. The van der Waals surface area contributed by atoms with Crippen LogP contribution in [0.1, 0.15) is 5.56 Å². The predicted octanol–water partition coefficient (Wildman–Crippen LogP) is 1.98. The molecule has 0 saturated carbocycles. The summed E-state index contributed by atoms with van der Waals surface area (Å²) in [6, 6.07) is 17.5. The number of nitrogens with one attached hydrogen (secondary N) is 1. The number of nitrogens with zero attached hydrogens (tertiary/aromatic N) is 5. The molecule has 4 rings (SSSR count). The van der Waals surface area contributed by atoms with Gasteiger partial charge in [0, 0.05) is 12.7 Å². The van der Waals surface area contributed by atoms with E-state index in [1.54, 1.807) is 4.68 Å². The molecule has 7 nitrogen and oxygen atoms in total. The lowest BCUT2D eigenvalue weighted by Crippen LogP contribution is -2.29. The summed E-state index contributed by atoms with van der Waals surface area (Å²) in [4.78, 5) is 12.2. The highest BCUT2D eigenvalue weighted by atomic mass is 16.2. The molecule has 1 amide bonds. The zero-order valence-electron chi connectivity index (χ0n) is 14.1. The van der Waals surface area contributed by atoms with Gasteiger partial charge in [-0.25, -0.2) is 9.36 Å². The van der Waals surface area contributed by atoms with E-state index >= 15 is 0 Å². The van der Waals surface area contributed by atoms with E-state index in [4.69, 9.17) is 0 Å². The highest BCUT2D eigenvalue weighted by molar-refractivity contribution is 5.79. The maximum absolute atomic E-state index is 12.2. The van der Waals surface area contributed by atoms with Crippen molar-refractivity contribution in [3.63, 3.8) is 0 Å². The quantitative estimate of drug-likeness (QED) is 0.579. The van der Waals surface area contributed by atoms with Crippen LogP contribution in [0.25, 0.3) is 16.7 Å². The molecule has 2 aromatic carbocycles. The Hall–Kier alpha value is -3.48. The summed E-state index contributed by atoms with van der Waals surface area (Å²) in [5.74, 6) is -0.0869. The second-order valence-corrected chi connectivity index (χ2v) is 5.96. The number of rotatable bonds is 6. The van der Waals surface area contributed by atoms with Crippen LogP contribution in [0.2, 0.25) is 0 Å². The van der Waals surface area contributed by atoms with Gasteiger partial charge in [-0.1, -0.05) is 35.5 Å². The van der Waals surface area contributed by atoms with Crippen molar-refractivity contribution in [2.24, 2.45) is 0 Å². The largest absolute Gasteiger partial charge is 0.354 e. The van der Waals surface area contributed by atoms with Crippen LogP contribution in [0.15, 0.2) is 67.0 Å². The summed E-state index contributed by atoms with van der Waals surface area (Å²) in [5, 5.41) is 15.4. The van der Waals surface area contributed by atoms with Crippen LogP contribution >= 0.6 is 0 Å². The molecule has 7 heteroatoms. The highest BCUT2D eigenvalue weighted by Crippen LogP contribution is 2.09. The second-order valence-electron chi connectivity index (χ2n) is 5.96. The van der Waals surface area contributed by atoms with E-state index in [-0.39, 0.29) is 12.5 Å². The van der Waals surface area contributed by atoms with Crippen molar-refractivity contribution < 1.29 is 4.79 Å². The average molecular weight is 346 g/mol. The standard InChI is InChI=1S/C19H18N6O/c26-19(14-25-18-9-5-4-8-17(18)22-23-25)20-11-10-15-12-21-24(13-15)16-6-2-1-3-7-16/h1-9,12-13H,10-11,14H2,(H,20,26). The fourth-order valence-electron chi connectivity index (χ4n) is 2.78. The number of aromatic nitrogens is 5. The molecular formula is C19H18N6O. The molecule has 130 valence electrons. The van der Waals surface area contributed by atoms with E-state index in [2.05, 4.69) is 20.7 Å². The van der Waals surface area contributed by atoms with Crippen molar-refractivity contribution >= 4 is 16.9 Å². The molecule has 2 heterocycles. The minimum Gasteiger partial charge on any atom is -0.354 e. The van der Waals surface area contributed by atoms with Crippen LogP contribution < -0.4 is 5.32 Å². The summed E-state index contributed by atoms with van der Waals surface area (Å²) in [6.45, 7) is 0.704. The molecule has 26 heavy (non-hydrogen) atoms. The first-order valence-corrected chi connectivity index (χ1v) is 8.43. The van der Waals surface area contributed by atoms with Crippen LogP contribution in [0.3, 0.4) is 0 Å². The van der Waals surface area contributed by atoms with Crippen molar-refractivity contribution in [1.29, 1.82) is 0 Å². The molecule has 0 atom stereocenters. The molecule has 0 aliphatic carbocycles. The Morgan fingerprint density at radius 3 is 2.73 bits per heavy atom. The Morgan fingerprint density at radius 2 is 1.85 bits per heavy atom. The Kier molecular flexibility index (Phi) is 4.42. The number of para-hydroxylation sites is 2. The van der Waals surface area contributed by atoms with Crippen LogP contribution in [-0.2, 0) is 17.8 Å². The smallest absolute Gasteiger partial charge is 0.241 e. The summed E-state index contributed by atoms with van der Waals surface area (Å²) in [7, 11) is 0. The monoisotopic (exact) mass is 346 g/mol. The number of amides is 1. The number of carbonyl (C=O) groups excluding carboxylic acids is 1. The third-order valence-corrected chi connectivity index (χ3v) is 4.11. The van der Waals surface area contributed by atoms with E-state index < -0.39 is 0 Å². The first kappa shape index (κ1) is 16.0. The molecule has 4 aromatic rings. The molecule has 0 aliphatic heterocycles. The van der Waals surface area contributed by atoms with Crippen LogP contribution in [0, 0.1) is 0 Å². The van der Waals surface area contributed by atoms with Gasteiger partial charge in [0.05, 0.1) is 17.4 Å². The summed E-state index contributed by atoms with van der Waals surface area (Å²) >= 11 is 0. The van der Waals surface area contributed by atoms with Gasteiger partial charge in [-0.05, 0) is 36.2 Å². The Bertz CT molecular complexity index is 1020.